The molecule has 0 bridgehead atoms. The van der Waals surface area contributed by atoms with E-state index in [1.165, 1.54) is 10.9 Å². The summed E-state index contributed by atoms with van der Waals surface area (Å²) < 4.78 is 28.7. The van der Waals surface area contributed by atoms with Crippen molar-refractivity contribution >= 4 is 5.69 Å². The highest BCUT2D eigenvalue weighted by Gasteiger charge is 2.14. The minimum absolute atomic E-state index is 0.0779. The number of aryl methyl sites for hydroxylation is 1. The van der Waals surface area contributed by atoms with Crippen LogP contribution in [0.2, 0.25) is 0 Å². The van der Waals surface area contributed by atoms with Crippen LogP contribution in [0.15, 0.2) is 24.5 Å². The highest BCUT2D eigenvalue weighted by atomic mass is 19.1. The van der Waals surface area contributed by atoms with Crippen molar-refractivity contribution in [1.29, 1.82) is 5.26 Å². The van der Waals surface area contributed by atoms with E-state index in [-0.39, 0.29) is 17.8 Å². The Bertz CT molecular complexity index is 640. The van der Waals surface area contributed by atoms with Crippen molar-refractivity contribution in [2.75, 3.05) is 11.9 Å². The van der Waals surface area contributed by atoms with Gasteiger partial charge in [-0.25, -0.2) is 8.78 Å². The van der Waals surface area contributed by atoms with Gasteiger partial charge in [-0.1, -0.05) is 0 Å². The standard InChI is InChI=1S/C13H12F2N4O/c1-19-7-9(5-18-19)12(20)6-17-13-10(14)2-8(4-16)3-11(13)15/h2-3,5,7,12,17,20H,6H2,1H3. The fourth-order valence-corrected chi connectivity index (χ4v) is 1.74. The molecule has 0 spiro atoms. The predicted octanol–water partition coefficient (Wildman–Crippen LogP) is 1.72. The normalized spacial score (nSPS) is 11.9. The molecule has 1 aromatic carbocycles. The number of hydrogen-bond donors (Lipinski definition) is 2. The number of nitrogens with zero attached hydrogens (tertiary/aromatic N) is 3. The number of aliphatic hydroxyl groups excluding tert-OH is 1. The van der Waals surface area contributed by atoms with Crippen molar-refractivity contribution in [2.45, 2.75) is 6.10 Å². The second-order valence-electron chi connectivity index (χ2n) is 4.27. The summed E-state index contributed by atoms with van der Waals surface area (Å²) >= 11 is 0. The molecular weight excluding hydrogens is 266 g/mol. The molecule has 0 radical (unpaired) electrons. The Labute approximate surface area is 114 Å². The third-order valence-corrected chi connectivity index (χ3v) is 2.75. The Kier molecular flexibility index (Phi) is 3.96. The molecule has 5 nitrogen and oxygen atoms in total. The van der Waals surface area contributed by atoms with Crippen LogP contribution < -0.4 is 5.32 Å². The summed E-state index contributed by atoms with van der Waals surface area (Å²) in [4.78, 5) is 0. The lowest BCUT2D eigenvalue weighted by Gasteiger charge is -2.12. The van der Waals surface area contributed by atoms with Gasteiger partial charge in [-0.2, -0.15) is 10.4 Å². The summed E-state index contributed by atoms with van der Waals surface area (Å²) in [6, 6.07) is 3.53. The Morgan fingerprint density at radius 1 is 1.45 bits per heavy atom. The maximum Gasteiger partial charge on any atom is 0.150 e. The number of aromatic nitrogens is 2. The number of benzene rings is 1. The van der Waals surface area contributed by atoms with Crippen LogP contribution in [-0.4, -0.2) is 21.4 Å². The number of rotatable bonds is 4. The molecule has 1 unspecified atom stereocenters. The molecule has 2 N–H and O–H groups in total. The molecule has 1 atom stereocenters. The highest BCUT2D eigenvalue weighted by molar-refractivity contribution is 5.50. The van der Waals surface area contributed by atoms with Crippen molar-refractivity contribution in [2.24, 2.45) is 7.05 Å². The van der Waals surface area contributed by atoms with Gasteiger partial charge in [0.2, 0.25) is 0 Å². The fourth-order valence-electron chi connectivity index (χ4n) is 1.74. The third kappa shape index (κ3) is 2.92. The Morgan fingerprint density at radius 3 is 2.60 bits per heavy atom. The molecule has 20 heavy (non-hydrogen) atoms. The maximum absolute atomic E-state index is 13.6. The molecule has 2 aromatic rings. The predicted molar refractivity (Wildman–Crippen MR) is 67.7 cm³/mol. The van der Waals surface area contributed by atoms with Crippen molar-refractivity contribution in [3.8, 4) is 6.07 Å². The van der Waals surface area contributed by atoms with Crippen LogP contribution in [0.1, 0.15) is 17.2 Å². The minimum Gasteiger partial charge on any atom is -0.386 e. The van der Waals surface area contributed by atoms with E-state index in [0.717, 1.165) is 12.1 Å². The molecule has 2 rings (SSSR count). The first-order valence-electron chi connectivity index (χ1n) is 5.81. The second kappa shape index (κ2) is 5.67. The Morgan fingerprint density at radius 2 is 2.10 bits per heavy atom. The van der Waals surface area contributed by atoms with Gasteiger partial charge in [-0.15, -0.1) is 0 Å². The Balaban J connectivity index is 2.10. The monoisotopic (exact) mass is 278 g/mol. The van der Waals surface area contributed by atoms with Crippen molar-refractivity contribution in [1.82, 2.24) is 9.78 Å². The van der Waals surface area contributed by atoms with Gasteiger partial charge in [0.15, 0.2) is 11.6 Å². The van der Waals surface area contributed by atoms with E-state index >= 15 is 0 Å². The minimum atomic E-state index is -0.946. The molecule has 0 saturated heterocycles. The van der Waals surface area contributed by atoms with Crippen LogP contribution in [0.25, 0.3) is 0 Å². The van der Waals surface area contributed by atoms with Crippen LogP contribution in [0.5, 0.6) is 0 Å². The lowest BCUT2D eigenvalue weighted by Crippen LogP contribution is -2.13. The van der Waals surface area contributed by atoms with Crippen LogP contribution >= 0.6 is 0 Å². The number of aliphatic hydroxyl groups is 1. The first-order valence-corrected chi connectivity index (χ1v) is 5.81. The fraction of sp³-hybridized carbons (Fsp3) is 0.231. The number of hydrogen-bond acceptors (Lipinski definition) is 4. The number of anilines is 1. The summed E-state index contributed by atoms with van der Waals surface area (Å²) in [5, 5.41) is 24.8. The lowest BCUT2D eigenvalue weighted by molar-refractivity contribution is 0.191. The molecule has 0 fully saturated rings. The zero-order chi connectivity index (χ0) is 14.7. The van der Waals surface area contributed by atoms with Gasteiger partial charge in [0, 0.05) is 25.4 Å². The Hall–Kier alpha value is -2.46. The largest absolute Gasteiger partial charge is 0.386 e. The van der Waals surface area contributed by atoms with Gasteiger partial charge in [-0.3, -0.25) is 4.68 Å². The summed E-state index contributed by atoms with van der Waals surface area (Å²) in [6.07, 6.45) is 2.13. The van der Waals surface area contributed by atoms with E-state index in [1.54, 1.807) is 19.3 Å². The zero-order valence-corrected chi connectivity index (χ0v) is 10.6. The average Bonchev–Trinajstić information content (AvgIpc) is 2.84. The molecule has 0 aliphatic carbocycles. The van der Waals surface area contributed by atoms with Gasteiger partial charge in [0.05, 0.1) is 23.9 Å². The molecule has 0 saturated carbocycles. The van der Waals surface area contributed by atoms with E-state index in [0.29, 0.717) is 5.56 Å². The van der Waals surface area contributed by atoms with Gasteiger partial charge in [0.25, 0.3) is 0 Å². The van der Waals surface area contributed by atoms with Crippen LogP contribution in [-0.2, 0) is 7.05 Å². The summed E-state index contributed by atoms with van der Waals surface area (Å²) in [7, 11) is 1.70. The quantitative estimate of drug-likeness (QED) is 0.893. The number of halogens is 2. The summed E-state index contributed by atoms with van der Waals surface area (Å²) in [6.45, 7) is -0.0779. The summed E-state index contributed by atoms with van der Waals surface area (Å²) in [5.41, 5.74) is 0.0692. The second-order valence-corrected chi connectivity index (χ2v) is 4.27. The maximum atomic E-state index is 13.6. The smallest absolute Gasteiger partial charge is 0.150 e. The van der Waals surface area contributed by atoms with Gasteiger partial charge < -0.3 is 10.4 Å². The number of nitrogens with one attached hydrogen (secondary N) is 1. The molecule has 0 amide bonds. The van der Waals surface area contributed by atoms with E-state index in [9.17, 15) is 13.9 Å². The van der Waals surface area contributed by atoms with E-state index in [4.69, 9.17) is 5.26 Å². The van der Waals surface area contributed by atoms with Crippen molar-refractivity contribution < 1.29 is 13.9 Å². The molecule has 104 valence electrons. The SMILES string of the molecule is Cn1cc(C(O)CNc2c(F)cc(C#N)cc2F)cn1. The summed E-state index contributed by atoms with van der Waals surface area (Å²) in [5.74, 6) is -1.75. The number of nitriles is 1. The topological polar surface area (TPSA) is 73.9 Å². The first-order chi connectivity index (χ1) is 9.51. The first kappa shape index (κ1) is 14.0. The average molecular weight is 278 g/mol. The van der Waals surface area contributed by atoms with Gasteiger partial charge >= 0.3 is 0 Å². The molecule has 1 aromatic heterocycles. The van der Waals surface area contributed by atoms with Gasteiger partial charge in [-0.05, 0) is 12.1 Å². The van der Waals surface area contributed by atoms with Crippen LogP contribution in [0.4, 0.5) is 14.5 Å². The van der Waals surface area contributed by atoms with E-state index in [2.05, 4.69) is 10.4 Å². The molecular formula is C13H12F2N4O. The van der Waals surface area contributed by atoms with Gasteiger partial charge in [0.1, 0.15) is 5.69 Å². The van der Waals surface area contributed by atoms with Crippen molar-refractivity contribution in [3.63, 3.8) is 0 Å². The highest BCUT2D eigenvalue weighted by Crippen LogP contribution is 2.22. The molecule has 0 aliphatic heterocycles. The molecule has 1 heterocycles. The van der Waals surface area contributed by atoms with Crippen molar-refractivity contribution in [3.05, 3.63) is 47.3 Å². The van der Waals surface area contributed by atoms with Crippen LogP contribution in [0.3, 0.4) is 0 Å². The van der Waals surface area contributed by atoms with Crippen LogP contribution in [0, 0.1) is 23.0 Å². The van der Waals surface area contributed by atoms with E-state index < -0.39 is 17.7 Å². The lowest BCUT2D eigenvalue weighted by atomic mass is 10.1. The zero-order valence-electron chi connectivity index (χ0n) is 10.6. The molecule has 0 aliphatic rings. The molecule has 7 heteroatoms. The van der Waals surface area contributed by atoms with E-state index in [1.807, 2.05) is 0 Å². The third-order valence-electron chi connectivity index (χ3n) is 2.75.